The second kappa shape index (κ2) is 4.23. The Morgan fingerprint density at radius 1 is 1.35 bits per heavy atom. The van der Waals surface area contributed by atoms with Crippen LogP contribution in [0.3, 0.4) is 0 Å². The molecule has 0 aliphatic heterocycles. The van der Waals surface area contributed by atoms with Crippen LogP contribution < -0.4 is 5.73 Å². The number of carbonyl (C=O) groups excluding carboxylic acids is 1. The van der Waals surface area contributed by atoms with E-state index in [1.54, 1.807) is 4.90 Å². The van der Waals surface area contributed by atoms with E-state index in [4.69, 9.17) is 18.0 Å². The Bertz CT molecular complexity index is 335. The summed E-state index contributed by atoms with van der Waals surface area (Å²) in [7, 11) is 1.84. The minimum Gasteiger partial charge on any atom is -0.393 e. The van der Waals surface area contributed by atoms with Crippen LogP contribution in [0.1, 0.15) is 41.0 Å². The van der Waals surface area contributed by atoms with Crippen molar-refractivity contribution in [1.82, 2.24) is 4.90 Å². The van der Waals surface area contributed by atoms with Crippen LogP contribution in [0.15, 0.2) is 0 Å². The van der Waals surface area contributed by atoms with Crippen LogP contribution in [-0.2, 0) is 4.79 Å². The third kappa shape index (κ3) is 2.32. The standard InChI is InChI=1S/C13H24N2OS/c1-8(7-9(14)17)15(6)11(16)10-12(2,3)13(10,4)5/h8,10H,7H2,1-6H3,(H2,14,17). The highest BCUT2D eigenvalue weighted by Crippen LogP contribution is 2.68. The molecule has 1 saturated carbocycles. The summed E-state index contributed by atoms with van der Waals surface area (Å²) in [5.41, 5.74) is 5.69. The van der Waals surface area contributed by atoms with Crippen molar-refractivity contribution in [3.8, 4) is 0 Å². The van der Waals surface area contributed by atoms with E-state index in [1.807, 2.05) is 14.0 Å². The Morgan fingerprint density at radius 3 is 2.06 bits per heavy atom. The molecule has 1 fully saturated rings. The molecule has 98 valence electrons. The maximum absolute atomic E-state index is 12.4. The largest absolute Gasteiger partial charge is 0.393 e. The maximum Gasteiger partial charge on any atom is 0.226 e. The van der Waals surface area contributed by atoms with Crippen LogP contribution in [0.5, 0.6) is 0 Å². The zero-order chi connectivity index (χ0) is 13.6. The SMILES string of the molecule is CC(CC(N)=S)N(C)C(=O)C1C(C)(C)C1(C)C. The van der Waals surface area contributed by atoms with E-state index < -0.39 is 0 Å². The summed E-state index contributed by atoms with van der Waals surface area (Å²) in [6.45, 7) is 10.6. The third-order valence-electron chi connectivity index (χ3n) is 4.77. The number of hydrogen-bond acceptors (Lipinski definition) is 2. The van der Waals surface area contributed by atoms with Gasteiger partial charge in [0.25, 0.3) is 0 Å². The van der Waals surface area contributed by atoms with Crippen LogP contribution in [0.2, 0.25) is 0 Å². The summed E-state index contributed by atoms with van der Waals surface area (Å²) in [6, 6.07) is 0.0761. The highest BCUT2D eigenvalue weighted by Gasteiger charge is 2.68. The van der Waals surface area contributed by atoms with Gasteiger partial charge in [0.1, 0.15) is 0 Å². The average Bonchev–Trinajstić information content (AvgIpc) is 2.54. The first-order chi connectivity index (χ1) is 7.53. The lowest BCUT2D eigenvalue weighted by Gasteiger charge is -2.25. The Balaban J connectivity index is 2.70. The molecule has 17 heavy (non-hydrogen) atoms. The normalized spacial score (nSPS) is 22.9. The van der Waals surface area contributed by atoms with E-state index in [0.29, 0.717) is 11.4 Å². The van der Waals surface area contributed by atoms with Gasteiger partial charge in [-0.25, -0.2) is 0 Å². The summed E-state index contributed by atoms with van der Waals surface area (Å²) < 4.78 is 0. The predicted octanol–water partition coefficient (Wildman–Crippen LogP) is 2.19. The molecule has 1 amide bonds. The molecular weight excluding hydrogens is 232 g/mol. The van der Waals surface area contributed by atoms with Crippen molar-refractivity contribution >= 4 is 23.1 Å². The van der Waals surface area contributed by atoms with Gasteiger partial charge < -0.3 is 10.6 Å². The molecule has 1 aliphatic carbocycles. The number of amides is 1. The summed E-state index contributed by atoms with van der Waals surface area (Å²) in [6.07, 6.45) is 0.588. The van der Waals surface area contributed by atoms with Crippen LogP contribution >= 0.6 is 12.2 Å². The van der Waals surface area contributed by atoms with E-state index in [-0.39, 0.29) is 28.7 Å². The van der Waals surface area contributed by atoms with E-state index in [0.717, 1.165) is 0 Å². The van der Waals surface area contributed by atoms with Crippen LogP contribution in [0.4, 0.5) is 0 Å². The maximum atomic E-state index is 12.4. The van der Waals surface area contributed by atoms with Gasteiger partial charge in [-0.3, -0.25) is 4.79 Å². The first kappa shape index (κ1) is 14.4. The molecule has 0 spiro atoms. The molecule has 0 aromatic carbocycles. The number of rotatable bonds is 4. The lowest BCUT2D eigenvalue weighted by atomic mass is 10.0. The van der Waals surface area contributed by atoms with Crippen molar-refractivity contribution in [3.63, 3.8) is 0 Å². The summed E-state index contributed by atoms with van der Waals surface area (Å²) in [5, 5.41) is 0. The summed E-state index contributed by atoms with van der Waals surface area (Å²) >= 11 is 4.89. The van der Waals surface area contributed by atoms with Gasteiger partial charge in [0.2, 0.25) is 5.91 Å². The lowest BCUT2D eigenvalue weighted by Crippen LogP contribution is -2.39. The quantitative estimate of drug-likeness (QED) is 0.784. The topological polar surface area (TPSA) is 46.3 Å². The smallest absolute Gasteiger partial charge is 0.226 e. The van der Waals surface area contributed by atoms with Gasteiger partial charge in [-0.2, -0.15) is 0 Å². The van der Waals surface area contributed by atoms with Gasteiger partial charge >= 0.3 is 0 Å². The predicted molar refractivity (Wildman–Crippen MR) is 74.7 cm³/mol. The van der Waals surface area contributed by atoms with Crippen LogP contribution in [0, 0.1) is 16.7 Å². The first-order valence-electron chi connectivity index (χ1n) is 6.08. The molecule has 0 saturated heterocycles. The third-order valence-corrected chi connectivity index (χ3v) is 4.94. The fourth-order valence-corrected chi connectivity index (χ4v) is 2.90. The summed E-state index contributed by atoms with van der Waals surface area (Å²) in [4.78, 5) is 14.7. The second-order valence-electron chi connectivity index (χ2n) is 6.34. The van der Waals surface area contributed by atoms with Gasteiger partial charge in [0.15, 0.2) is 0 Å². The fraction of sp³-hybridized carbons (Fsp3) is 0.846. The van der Waals surface area contributed by atoms with E-state index in [1.165, 1.54) is 0 Å². The molecule has 3 nitrogen and oxygen atoms in total. The van der Waals surface area contributed by atoms with E-state index >= 15 is 0 Å². The van der Waals surface area contributed by atoms with Crippen molar-refractivity contribution in [3.05, 3.63) is 0 Å². The molecule has 0 heterocycles. The molecule has 2 N–H and O–H groups in total. The first-order valence-corrected chi connectivity index (χ1v) is 6.49. The Morgan fingerprint density at radius 2 is 1.76 bits per heavy atom. The molecule has 1 unspecified atom stereocenters. The minimum atomic E-state index is 0.0761. The van der Waals surface area contributed by atoms with Gasteiger partial charge in [-0.1, -0.05) is 39.9 Å². The molecule has 0 bridgehead atoms. The van der Waals surface area contributed by atoms with Gasteiger partial charge in [0.05, 0.1) is 4.99 Å². The zero-order valence-corrected chi connectivity index (χ0v) is 12.5. The lowest BCUT2D eigenvalue weighted by molar-refractivity contribution is -0.134. The number of carbonyl (C=O) groups is 1. The Hall–Kier alpha value is -0.640. The van der Waals surface area contributed by atoms with Crippen molar-refractivity contribution in [1.29, 1.82) is 0 Å². The summed E-state index contributed by atoms with van der Waals surface area (Å²) in [5.74, 6) is 0.317. The molecule has 0 radical (unpaired) electrons. The Labute approximate surface area is 110 Å². The molecule has 1 aliphatic rings. The second-order valence-corrected chi connectivity index (χ2v) is 6.87. The van der Waals surface area contributed by atoms with Crippen molar-refractivity contribution in [2.45, 2.75) is 47.1 Å². The molecule has 1 rings (SSSR count). The van der Waals surface area contributed by atoms with Gasteiger partial charge in [-0.15, -0.1) is 0 Å². The highest BCUT2D eigenvalue weighted by molar-refractivity contribution is 7.80. The zero-order valence-electron chi connectivity index (χ0n) is 11.7. The van der Waals surface area contributed by atoms with Gasteiger partial charge in [0, 0.05) is 25.4 Å². The van der Waals surface area contributed by atoms with Crippen molar-refractivity contribution < 1.29 is 4.79 Å². The van der Waals surface area contributed by atoms with Crippen molar-refractivity contribution in [2.75, 3.05) is 7.05 Å². The van der Waals surface area contributed by atoms with Crippen LogP contribution in [0.25, 0.3) is 0 Å². The van der Waals surface area contributed by atoms with E-state index in [9.17, 15) is 4.79 Å². The highest BCUT2D eigenvalue weighted by atomic mass is 32.1. The average molecular weight is 256 g/mol. The molecule has 1 atom stereocenters. The van der Waals surface area contributed by atoms with E-state index in [2.05, 4.69) is 27.7 Å². The minimum absolute atomic E-state index is 0.0761. The number of hydrogen-bond donors (Lipinski definition) is 1. The Kier molecular flexibility index (Phi) is 3.59. The number of nitrogens with zero attached hydrogens (tertiary/aromatic N) is 1. The molecule has 4 heteroatoms. The molecule has 0 aromatic rings. The van der Waals surface area contributed by atoms with Crippen molar-refractivity contribution in [2.24, 2.45) is 22.5 Å². The number of nitrogens with two attached hydrogens (primary N) is 1. The molecular formula is C13H24N2OS. The fourth-order valence-electron chi connectivity index (χ4n) is 2.66. The number of thiocarbonyl (C=S) groups is 1. The monoisotopic (exact) mass is 256 g/mol. The van der Waals surface area contributed by atoms with Crippen LogP contribution in [-0.4, -0.2) is 28.9 Å². The molecule has 0 aromatic heterocycles. The van der Waals surface area contributed by atoms with Gasteiger partial charge in [-0.05, 0) is 17.8 Å².